The number of carbonyl (C=O) groups is 2. The molecule has 0 unspecified atom stereocenters. The van der Waals surface area contributed by atoms with Crippen LogP contribution in [-0.2, 0) is 25.7 Å². The molecule has 8 heteroatoms. The molecule has 1 fully saturated rings. The largest absolute Gasteiger partial charge is 0.482 e. The lowest BCUT2D eigenvalue weighted by molar-refractivity contribution is -0.140. The molecule has 1 saturated carbocycles. The third-order valence-corrected chi connectivity index (χ3v) is 7.34. The molecule has 2 aromatic carbocycles. The lowest BCUT2D eigenvalue weighted by atomic mass is 9.89. The topological polar surface area (TPSA) is 82.1 Å². The minimum atomic E-state index is -0.599. The van der Waals surface area contributed by atoms with Crippen LogP contribution >= 0.6 is 15.9 Å². The van der Waals surface area contributed by atoms with Gasteiger partial charge in [0.25, 0.3) is 0 Å². The highest BCUT2D eigenvalue weighted by atomic mass is 79.9. The maximum absolute atomic E-state index is 13.8. The highest BCUT2D eigenvalue weighted by Gasteiger charge is 2.41. The number of benzene rings is 2. The molecule has 0 aliphatic heterocycles. The summed E-state index contributed by atoms with van der Waals surface area (Å²) < 4.78 is 31.0. The standard InChI is InChI=1S/C30H34BrFO6/c1-36-30(35)15-5-3-2-4-11-23-24(17-16-22(33)20-38-28-14-9-8-13-26(28)32)29(18-27(23)34)37-19-21-10-6-7-12-25(21)31/h2,4,6-10,12-14,16-17,23-24,27,29,34H,3,5,11,15,18-20H2,1H3/b4-2-,17-16+/t23-,24-,27+,29-/m1/s1. The second-order valence-electron chi connectivity index (χ2n) is 9.21. The maximum Gasteiger partial charge on any atom is 0.305 e. The van der Waals surface area contributed by atoms with Crippen molar-refractivity contribution in [1.82, 2.24) is 0 Å². The fourth-order valence-corrected chi connectivity index (χ4v) is 4.89. The Kier molecular flexibility index (Phi) is 12.2. The summed E-state index contributed by atoms with van der Waals surface area (Å²) in [7, 11) is 1.37. The zero-order valence-corrected chi connectivity index (χ0v) is 23.0. The van der Waals surface area contributed by atoms with Crippen molar-refractivity contribution in [3.63, 3.8) is 0 Å². The van der Waals surface area contributed by atoms with Gasteiger partial charge in [0.15, 0.2) is 24.0 Å². The second kappa shape index (κ2) is 15.6. The number of methoxy groups -OCH3 is 1. The number of carbonyl (C=O) groups excluding carboxylic acids is 2. The molecule has 0 heterocycles. The number of ketones is 1. The fourth-order valence-electron chi connectivity index (χ4n) is 4.49. The van der Waals surface area contributed by atoms with Gasteiger partial charge in [-0.15, -0.1) is 0 Å². The Bertz CT molecular complexity index is 1120. The van der Waals surface area contributed by atoms with Crippen molar-refractivity contribution in [3.8, 4) is 5.75 Å². The van der Waals surface area contributed by atoms with E-state index >= 15 is 0 Å². The van der Waals surface area contributed by atoms with Crippen LogP contribution in [0, 0.1) is 17.7 Å². The Morgan fingerprint density at radius 3 is 2.66 bits per heavy atom. The lowest BCUT2D eigenvalue weighted by Gasteiger charge is -2.22. The minimum absolute atomic E-state index is 0.0235. The van der Waals surface area contributed by atoms with Crippen molar-refractivity contribution >= 4 is 27.7 Å². The van der Waals surface area contributed by atoms with E-state index < -0.39 is 11.9 Å². The lowest BCUT2D eigenvalue weighted by Crippen LogP contribution is -2.22. The van der Waals surface area contributed by atoms with Gasteiger partial charge in [0.2, 0.25) is 0 Å². The van der Waals surface area contributed by atoms with Gasteiger partial charge < -0.3 is 19.3 Å². The monoisotopic (exact) mass is 588 g/mol. The normalized spacial score (nSPS) is 21.3. The molecule has 6 nitrogen and oxygen atoms in total. The Labute approximate surface area is 231 Å². The first-order chi connectivity index (χ1) is 18.4. The van der Waals surface area contributed by atoms with Crippen molar-refractivity contribution in [2.24, 2.45) is 11.8 Å². The number of allylic oxidation sites excluding steroid dienone is 2. The number of aliphatic hydroxyl groups excluding tert-OH is 1. The van der Waals surface area contributed by atoms with Gasteiger partial charge in [0, 0.05) is 23.2 Å². The first-order valence-electron chi connectivity index (χ1n) is 12.7. The summed E-state index contributed by atoms with van der Waals surface area (Å²) in [6.07, 6.45) is 9.16. The zero-order valence-electron chi connectivity index (χ0n) is 21.4. The number of hydrogen-bond donors (Lipinski definition) is 1. The summed E-state index contributed by atoms with van der Waals surface area (Å²) in [5, 5.41) is 10.9. The van der Waals surface area contributed by atoms with Gasteiger partial charge in [-0.25, -0.2) is 4.39 Å². The van der Waals surface area contributed by atoms with Crippen molar-refractivity contribution in [1.29, 1.82) is 0 Å². The van der Waals surface area contributed by atoms with Gasteiger partial charge in [0.05, 0.1) is 25.9 Å². The number of hydrogen-bond acceptors (Lipinski definition) is 6. The zero-order chi connectivity index (χ0) is 27.3. The van der Waals surface area contributed by atoms with E-state index in [2.05, 4.69) is 20.7 Å². The van der Waals surface area contributed by atoms with Crippen molar-refractivity contribution in [3.05, 3.63) is 88.7 Å². The molecule has 0 amide bonds. The number of aliphatic hydroxyl groups is 1. The summed E-state index contributed by atoms with van der Waals surface area (Å²) in [6.45, 7) is 0.0730. The minimum Gasteiger partial charge on any atom is -0.482 e. The van der Waals surface area contributed by atoms with E-state index in [-0.39, 0.29) is 42.0 Å². The summed E-state index contributed by atoms with van der Waals surface area (Å²) in [6, 6.07) is 13.7. The van der Waals surface area contributed by atoms with Crippen LogP contribution in [0.15, 0.2) is 77.3 Å². The molecule has 3 rings (SSSR count). The number of rotatable bonds is 14. The van der Waals surface area contributed by atoms with Crippen molar-refractivity contribution in [2.45, 2.75) is 50.9 Å². The van der Waals surface area contributed by atoms with E-state index in [1.807, 2.05) is 36.4 Å². The highest BCUT2D eigenvalue weighted by Crippen LogP contribution is 2.39. The van der Waals surface area contributed by atoms with Crippen LogP contribution in [-0.4, -0.2) is 42.8 Å². The van der Waals surface area contributed by atoms with E-state index in [0.717, 1.165) is 16.5 Å². The van der Waals surface area contributed by atoms with Gasteiger partial charge in [-0.05, 0) is 55.0 Å². The Morgan fingerprint density at radius 2 is 1.89 bits per heavy atom. The van der Waals surface area contributed by atoms with E-state index in [1.54, 1.807) is 18.2 Å². The van der Waals surface area contributed by atoms with Crippen molar-refractivity contribution in [2.75, 3.05) is 13.7 Å². The van der Waals surface area contributed by atoms with Gasteiger partial charge in [-0.2, -0.15) is 0 Å². The molecule has 1 N–H and O–H groups in total. The van der Waals surface area contributed by atoms with E-state index in [4.69, 9.17) is 9.47 Å². The molecule has 204 valence electrons. The highest BCUT2D eigenvalue weighted by molar-refractivity contribution is 9.10. The molecule has 38 heavy (non-hydrogen) atoms. The van der Waals surface area contributed by atoms with E-state index in [9.17, 15) is 19.1 Å². The number of esters is 1. The number of para-hydroxylation sites is 1. The predicted molar refractivity (Wildman–Crippen MR) is 146 cm³/mol. The average Bonchev–Trinajstić information content (AvgIpc) is 3.21. The van der Waals surface area contributed by atoms with Crippen LogP contribution in [0.25, 0.3) is 0 Å². The molecule has 0 spiro atoms. The van der Waals surface area contributed by atoms with Crippen LogP contribution in [0.1, 0.15) is 37.7 Å². The maximum atomic E-state index is 13.8. The first-order valence-corrected chi connectivity index (χ1v) is 13.5. The quantitative estimate of drug-likeness (QED) is 0.127. The van der Waals surface area contributed by atoms with Crippen LogP contribution < -0.4 is 4.74 Å². The van der Waals surface area contributed by atoms with Gasteiger partial charge in [-0.3, -0.25) is 9.59 Å². The predicted octanol–water partition coefficient (Wildman–Crippen LogP) is 5.96. The smallest absolute Gasteiger partial charge is 0.305 e. The third-order valence-electron chi connectivity index (χ3n) is 6.57. The van der Waals surface area contributed by atoms with Crippen LogP contribution in [0.5, 0.6) is 5.75 Å². The summed E-state index contributed by atoms with van der Waals surface area (Å²) in [5.74, 6) is -1.39. The molecule has 4 atom stereocenters. The summed E-state index contributed by atoms with van der Waals surface area (Å²) in [5.41, 5.74) is 0.994. The average molecular weight is 589 g/mol. The van der Waals surface area contributed by atoms with Gasteiger partial charge in [-0.1, -0.05) is 64.5 Å². The van der Waals surface area contributed by atoms with Gasteiger partial charge in [0.1, 0.15) is 0 Å². The molecular weight excluding hydrogens is 555 g/mol. The summed E-state index contributed by atoms with van der Waals surface area (Å²) >= 11 is 3.54. The van der Waals surface area contributed by atoms with Crippen LogP contribution in [0.3, 0.4) is 0 Å². The number of ether oxygens (including phenoxy) is 3. The van der Waals surface area contributed by atoms with Crippen LogP contribution in [0.4, 0.5) is 4.39 Å². The molecule has 1 aliphatic carbocycles. The molecule has 0 radical (unpaired) electrons. The molecule has 0 bridgehead atoms. The Morgan fingerprint density at radius 1 is 1.13 bits per heavy atom. The van der Waals surface area contributed by atoms with Crippen molar-refractivity contribution < 1.29 is 33.3 Å². The second-order valence-corrected chi connectivity index (χ2v) is 10.1. The molecule has 1 aliphatic rings. The van der Waals surface area contributed by atoms with Gasteiger partial charge >= 0.3 is 5.97 Å². The number of halogens is 2. The van der Waals surface area contributed by atoms with E-state index in [1.165, 1.54) is 25.3 Å². The summed E-state index contributed by atoms with van der Waals surface area (Å²) in [4.78, 5) is 23.8. The SMILES string of the molecule is COC(=O)CCC/C=C\C[C@@H]1[C@@H](/C=C/C(=O)COc2ccccc2F)[C@H](OCc2ccccc2Br)C[C@@H]1O. The molecular formula is C30H34BrFO6. The molecule has 0 saturated heterocycles. The molecule has 2 aromatic rings. The Hall–Kier alpha value is -2.81. The Balaban J connectivity index is 1.64. The molecule has 0 aromatic heterocycles. The first kappa shape index (κ1) is 29.7. The fraction of sp³-hybridized carbons (Fsp3) is 0.400. The van der Waals surface area contributed by atoms with Crippen LogP contribution in [0.2, 0.25) is 0 Å². The third kappa shape index (κ3) is 9.19. The van der Waals surface area contributed by atoms with E-state index in [0.29, 0.717) is 32.3 Å². The number of unbranched alkanes of at least 4 members (excludes halogenated alkanes) is 1.